The maximum Gasteiger partial charge on any atom is 0.292 e. The second-order valence-corrected chi connectivity index (χ2v) is 15.3. The Morgan fingerprint density at radius 2 is 1.00 bits per heavy atom. The topological polar surface area (TPSA) is 185 Å². The molecular formula is C50H54Cl2N12O4. The number of benzene rings is 4. The minimum Gasteiger partial charge on any atom is -0.335 e. The van der Waals surface area contributed by atoms with Crippen LogP contribution in [-0.2, 0) is 12.8 Å². The van der Waals surface area contributed by atoms with Gasteiger partial charge in [-0.25, -0.2) is 29.9 Å². The molecule has 0 unspecified atom stereocenters. The van der Waals surface area contributed by atoms with Crippen molar-refractivity contribution in [2.24, 2.45) is 0 Å². The number of anilines is 8. The molecule has 0 saturated heterocycles. The van der Waals surface area contributed by atoms with Crippen LogP contribution >= 0.6 is 23.2 Å². The summed E-state index contributed by atoms with van der Waals surface area (Å²) < 4.78 is 0. The van der Waals surface area contributed by atoms with Crippen LogP contribution in [0.5, 0.6) is 0 Å². The van der Waals surface area contributed by atoms with Gasteiger partial charge < -0.3 is 20.0 Å². The Balaban J connectivity index is 0.000000169. The van der Waals surface area contributed by atoms with Gasteiger partial charge >= 0.3 is 0 Å². The van der Waals surface area contributed by atoms with Crippen LogP contribution in [0.2, 0.25) is 10.3 Å². The van der Waals surface area contributed by atoms with E-state index >= 15 is 0 Å². The summed E-state index contributed by atoms with van der Waals surface area (Å²) in [5, 5.41) is 25.8. The van der Waals surface area contributed by atoms with Gasteiger partial charge in [0.15, 0.2) is 33.6 Å². The van der Waals surface area contributed by atoms with Crippen molar-refractivity contribution in [3.63, 3.8) is 0 Å². The molecule has 1 aliphatic carbocycles. The van der Waals surface area contributed by atoms with Gasteiger partial charge in [0.05, 0.1) is 21.2 Å². The van der Waals surface area contributed by atoms with Crippen molar-refractivity contribution in [3.05, 3.63) is 187 Å². The number of nitro benzene ring substituents is 2. The lowest BCUT2D eigenvalue weighted by atomic mass is 9.88. The number of allylic oxidation sites excluding steroid dienone is 2. The Morgan fingerprint density at radius 3 is 1.46 bits per heavy atom. The molecule has 4 aromatic carbocycles. The highest BCUT2D eigenvalue weighted by Crippen LogP contribution is 2.41. The summed E-state index contributed by atoms with van der Waals surface area (Å²) in [5.74, 6) is 2.52. The molecule has 68 heavy (non-hydrogen) atoms. The molecule has 9 rings (SSSR count). The van der Waals surface area contributed by atoms with E-state index in [4.69, 9.17) is 23.2 Å². The van der Waals surface area contributed by atoms with Crippen LogP contribution in [0.15, 0.2) is 145 Å². The lowest BCUT2D eigenvalue weighted by Gasteiger charge is -2.30. The molecule has 0 bridgehead atoms. The fourth-order valence-corrected chi connectivity index (χ4v) is 7.73. The van der Waals surface area contributed by atoms with E-state index in [-0.39, 0.29) is 21.7 Å². The number of rotatable bonds is 9. The standard InChI is InChI=1S/2C12H11ClN4O2.C12H12N4.C12H14.C2H6/c2*1-2-16(12-11(13)14-7-8-15-12)9-5-3-4-6-10(9)17(18)19;1-2-16-10-6-4-3-5-9(10)15-11-12(16)14-8-7-13-11;1-9-7-11-5-3-4-6-12(11)8-10(9)2;1-2/h2*3-8H,2H2,1H3;3-8H,2H2,1H3,(H,13,15);3-6H,7-8H2,1-2H3;1-2H3. The molecule has 3 aromatic heterocycles. The van der Waals surface area contributed by atoms with Crippen LogP contribution in [0.4, 0.5) is 57.4 Å². The fourth-order valence-electron chi connectivity index (χ4n) is 7.32. The van der Waals surface area contributed by atoms with Gasteiger partial charge in [0.25, 0.3) is 11.4 Å². The number of hydrogen-bond donors (Lipinski definition) is 1. The van der Waals surface area contributed by atoms with Gasteiger partial charge in [-0.3, -0.25) is 20.2 Å². The first kappa shape index (κ1) is 51.4. The molecule has 2 aliphatic rings. The van der Waals surface area contributed by atoms with E-state index in [1.807, 2.05) is 39.8 Å². The number of halogens is 2. The molecule has 0 saturated carbocycles. The largest absolute Gasteiger partial charge is 0.335 e. The minimum atomic E-state index is -0.428. The number of aromatic nitrogens is 6. The van der Waals surface area contributed by atoms with Crippen LogP contribution in [-0.4, -0.2) is 59.4 Å². The maximum absolute atomic E-state index is 11.1. The normalized spacial score (nSPS) is 11.6. The average Bonchev–Trinajstić information content (AvgIpc) is 3.36. The van der Waals surface area contributed by atoms with Crippen LogP contribution in [0.1, 0.15) is 59.6 Å². The zero-order valence-electron chi connectivity index (χ0n) is 39.0. The number of hydrogen-bond acceptors (Lipinski definition) is 14. The number of nitrogens with one attached hydrogen (secondary N) is 1. The first-order valence-corrected chi connectivity index (χ1v) is 22.8. The van der Waals surface area contributed by atoms with E-state index in [9.17, 15) is 20.2 Å². The third-order valence-corrected chi connectivity index (χ3v) is 11.1. The summed E-state index contributed by atoms with van der Waals surface area (Å²) in [6, 6.07) is 29.8. The first-order chi connectivity index (χ1) is 33.0. The van der Waals surface area contributed by atoms with Crippen molar-refractivity contribution in [2.45, 2.75) is 61.3 Å². The molecule has 7 aromatic rings. The highest BCUT2D eigenvalue weighted by Gasteiger charge is 2.24. The van der Waals surface area contributed by atoms with Crippen molar-refractivity contribution >= 4 is 80.6 Å². The highest BCUT2D eigenvalue weighted by molar-refractivity contribution is 6.32. The van der Waals surface area contributed by atoms with Crippen molar-refractivity contribution in [3.8, 4) is 0 Å². The summed E-state index contributed by atoms with van der Waals surface area (Å²) in [4.78, 5) is 51.6. The summed E-state index contributed by atoms with van der Waals surface area (Å²) in [6.45, 7) is 16.2. The quantitative estimate of drug-likeness (QED) is 0.0818. The van der Waals surface area contributed by atoms with Crippen molar-refractivity contribution in [2.75, 3.05) is 39.7 Å². The Morgan fingerprint density at radius 1 is 0.588 bits per heavy atom. The second kappa shape index (κ2) is 25.4. The minimum absolute atomic E-state index is 0.00562. The molecule has 1 aliphatic heterocycles. The third kappa shape index (κ3) is 12.7. The molecule has 1 N–H and O–H groups in total. The summed E-state index contributed by atoms with van der Waals surface area (Å²) in [5.41, 5.74) is 9.26. The first-order valence-electron chi connectivity index (χ1n) is 22.1. The number of para-hydroxylation sites is 6. The fraction of sp³-hybridized carbons (Fsp3) is 0.240. The lowest BCUT2D eigenvalue weighted by molar-refractivity contribution is -0.384. The van der Waals surface area contributed by atoms with Gasteiger partial charge in [-0.2, -0.15) is 0 Å². The average molecular weight is 958 g/mol. The van der Waals surface area contributed by atoms with E-state index in [0.717, 1.165) is 42.4 Å². The van der Waals surface area contributed by atoms with E-state index in [1.54, 1.807) is 69.7 Å². The van der Waals surface area contributed by atoms with Gasteiger partial charge in [0.2, 0.25) is 0 Å². The van der Waals surface area contributed by atoms with Crippen molar-refractivity contribution in [1.29, 1.82) is 0 Å². The molecule has 0 radical (unpaired) electrons. The SMILES string of the molecule is CC.CC1=C(C)Cc2ccccc2C1.CCN(c1ccccc1[N+](=O)[O-])c1nccnc1Cl.CCN(c1ccccc1[N+](=O)[O-])c1nccnc1Cl.CCN1c2ccccc2Nc2nccnc21. The Labute approximate surface area is 406 Å². The van der Waals surface area contributed by atoms with Crippen LogP contribution in [0.3, 0.4) is 0 Å². The Bertz CT molecular complexity index is 2650. The molecule has 0 spiro atoms. The van der Waals surface area contributed by atoms with Crippen LogP contribution in [0, 0.1) is 20.2 Å². The Kier molecular flexibility index (Phi) is 19.2. The number of nitrogens with zero attached hydrogens (tertiary/aromatic N) is 11. The molecule has 16 nitrogen and oxygen atoms in total. The monoisotopic (exact) mass is 956 g/mol. The predicted octanol–water partition coefficient (Wildman–Crippen LogP) is 13.2. The molecular weight excluding hydrogens is 904 g/mol. The van der Waals surface area contributed by atoms with Gasteiger partial charge in [-0.15, -0.1) is 0 Å². The highest BCUT2D eigenvalue weighted by atomic mass is 35.5. The lowest BCUT2D eigenvalue weighted by Crippen LogP contribution is -2.23. The zero-order chi connectivity index (χ0) is 49.2. The molecule has 0 amide bonds. The number of nitro groups is 2. The predicted molar refractivity (Wildman–Crippen MR) is 274 cm³/mol. The smallest absolute Gasteiger partial charge is 0.292 e. The van der Waals surface area contributed by atoms with E-state index in [2.05, 4.69) is 97.3 Å². The zero-order valence-corrected chi connectivity index (χ0v) is 40.6. The van der Waals surface area contributed by atoms with Crippen molar-refractivity contribution in [1.82, 2.24) is 29.9 Å². The molecule has 18 heteroatoms. The van der Waals surface area contributed by atoms with Gasteiger partial charge in [-0.1, -0.05) is 109 Å². The Hall–Kier alpha value is -7.56. The van der Waals surface area contributed by atoms with E-state index < -0.39 is 9.85 Å². The molecule has 352 valence electrons. The summed E-state index contributed by atoms with van der Waals surface area (Å²) in [7, 11) is 0. The molecule has 0 fully saturated rings. The van der Waals surface area contributed by atoms with Crippen LogP contribution in [0.25, 0.3) is 0 Å². The van der Waals surface area contributed by atoms with Gasteiger partial charge in [0, 0.05) is 68.9 Å². The van der Waals surface area contributed by atoms with E-state index in [0.29, 0.717) is 36.1 Å². The van der Waals surface area contributed by atoms with Gasteiger partial charge in [0.1, 0.15) is 11.4 Å². The molecule has 4 heterocycles. The second-order valence-electron chi connectivity index (χ2n) is 14.6. The maximum atomic E-state index is 11.1. The summed E-state index contributed by atoms with van der Waals surface area (Å²) >= 11 is 12.0. The van der Waals surface area contributed by atoms with E-state index in [1.165, 1.54) is 48.0 Å². The summed E-state index contributed by atoms with van der Waals surface area (Å²) in [6.07, 6.45) is 11.7. The third-order valence-electron chi connectivity index (χ3n) is 10.6. The van der Waals surface area contributed by atoms with Crippen molar-refractivity contribution < 1.29 is 9.85 Å². The van der Waals surface area contributed by atoms with Crippen LogP contribution < -0.4 is 20.0 Å². The molecule has 0 atom stereocenters. The number of fused-ring (bicyclic) bond motifs is 3. The van der Waals surface area contributed by atoms with Gasteiger partial charge in [-0.05, 0) is 82.9 Å².